The van der Waals surface area contributed by atoms with Gasteiger partial charge in [0, 0.05) is 12.0 Å². The van der Waals surface area contributed by atoms with Gasteiger partial charge in [0.1, 0.15) is 0 Å². The van der Waals surface area contributed by atoms with Crippen LogP contribution in [-0.2, 0) is 4.74 Å². The van der Waals surface area contributed by atoms with Gasteiger partial charge in [0.05, 0.1) is 18.3 Å². The first kappa shape index (κ1) is 11.0. The second-order valence-electron chi connectivity index (χ2n) is 5.95. The molecule has 1 aliphatic carbocycles. The van der Waals surface area contributed by atoms with Crippen molar-refractivity contribution < 1.29 is 9.84 Å². The van der Waals surface area contributed by atoms with E-state index in [0.717, 1.165) is 12.8 Å². The molecular formula is C13H23NO2. The molecule has 0 aromatic carbocycles. The molecule has 3 heteroatoms. The first-order chi connectivity index (χ1) is 7.76. The second-order valence-corrected chi connectivity index (χ2v) is 5.95. The number of nitrogens with two attached hydrogens (primary N) is 1. The molecule has 4 atom stereocenters. The molecule has 0 amide bonds. The van der Waals surface area contributed by atoms with E-state index in [1.54, 1.807) is 0 Å². The van der Waals surface area contributed by atoms with Gasteiger partial charge in [0.25, 0.3) is 0 Å². The Morgan fingerprint density at radius 1 is 1.25 bits per heavy atom. The van der Waals surface area contributed by atoms with Crippen LogP contribution >= 0.6 is 0 Å². The highest BCUT2D eigenvalue weighted by Crippen LogP contribution is 2.52. The molecule has 0 aromatic rings. The molecule has 2 aliphatic heterocycles. The molecule has 1 saturated carbocycles. The Hall–Kier alpha value is -0.120. The summed E-state index contributed by atoms with van der Waals surface area (Å²) >= 11 is 0. The third-order valence-corrected chi connectivity index (χ3v) is 5.17. The molecule has 0 aromatic heterocycles. The van der Waals surface area contributed by atoms with Crippen LogP contribution < -0.4 is 5.73 Å². The minimum Gasteiger partial charge on any atom is -0.392 e. The van der Waals surface area contributed by atoms with Crippen molar-refractivity contribution in [3.63, 3.8) is 0 Å². The Morgan fingerprint density at radius 2 is 2.00 bits per heavy atom. The zero-order valence-corrected chi connectivity index (χ0v) is 9.90. The predicted octanol–water partition coefficient (Wildman–Crippen LogP) is 1.43. The fourth-order valence-electron chi connectivity index (χ4n) is 4.22. The third-order valence-electron chi connectivity index (χ3n) is 5.17. The SMILES string of the molecule is NCC1(C(O)C2CCCC2)CC2CCC1O2. The van der Waals surface area contributed by atoms with Gasteiger partial charge in [-0.05, 0) is 38.0 Å². The molecule has 2 saturated heterocycles. The molecule has 0 spiro atoms. The zero-order chi connectivity index (χ0) is 11.2. The first-order valence-electron chi connectivity index (χ1n) is 6.80. The highest BCUT2D eigenvalue weighted by molar-refractivity contribution is 5.06. The van der Waals surface area contributed by atoms with Crippen molar-refractivity contribution in [2.75, 3.05) is 6.54 Å². The Bertz CT molecular complexity index is 265. The number of hydrogen-bond donors (Lipinski definition) is 2. The van der Waals surface area contributed by atoms with Gasteiger partial charge in [0.2, 0.25) is 0 Å². The lowest BCUT2D eigenvalue weighted by Gasteiger charge is -2.41. The van der Waals surface area contributed by atoms with Crippen molar-refractivity contribution in [1.29, 1.82) is 0 Å². The molecule has 0 radical (unpaired) electrons. The summed E-state index contributed by atoms with van der Waals surface area (Å²) in [6, 6.07) is 0. The Kier molecular flexibility index (Phi) is 2.73. The van der Waals surface area contributed by atoms with Crippen molar-refractivity contribution in [2.45, 2.75) is 63.3 Å². The quantitative estimate of drug-likeness (QED) is 0.764. The molecule has 3 aliphatic rings. The number of ether oxygens (including phenoxy) is 1. The Morgan fingerprint density at radius 3 is 2.50 bits per heavy atom. The van der Waals surface area contributed by atoms with Crippen LogP contribution in [0.4, 0.5) is 0 Å². The maximum Gasteiger partial charge on any atom is 0.0674 e. The molecule has 4 unspecified atom stereocenters. The number of rotatable bonds is 3. The summed E-state index contributed by atoms with van der Waals surface area (Å²) in [5, 5.41) is 10.7. The van der Waals surface area contributed by atoms with Gasteiger partial charge >= 0.3 is 0 Å². The maximum atomic E-state index is 10.7. The van der Waals surface area contributed by atoms with Crippen molar-refractivity contribution in [3.8, 4) is 0 Å². The first-order valence-corrected chi connectivity index (χ1v) is 6.80. The fraction of sp³-hybridized carbons (Fsp3) is 1.00. The molecule has 2 heterocycles. The number of fused-ring (bicyclic) bond motifs is 2. The lowest BCUT2D eigenvalue weighted by Crippen LogP contribution is -2.51. The van der Waals surface area contributed by atoms with E-state index in [1.807, 2.05) is 0 Å². The van der Waals surface area contributed by atoms with Gasteiger partial charge in [-0.25, -0.2) is 0 Å². The smallest absolute Gasteiger partial charge is 0.0674 e. The molecule has 3 nitrogen and oxygen atoms in total. The van der Waals surface area contributed by atoms with Crippen molar-refractivity contribution >= 4 is 0 Å². The molecule has 3 rings (SSSR count). The van der Waals surface area contributed by atoms with E-state index in [-0.39, 0.29) is 17.6 Å². The van der Waals surface area contributed by atoms with E-state index < -0.39 is 0 Å². The molecular weight excluding hydrogens is 202 g/mol. The van der Waals surface area contributed by atoms with E-state index in [4.69, 9.17) is 10.5 Å². The second kappa shape index (κ2) is 3.97. The van der Waals surface area contributed by atoms with Gasteiger partial charge in [-0.1, -0.05) is 12.8 Å². The predicted molar refractivity (Wildman–Crippen MR) is 62.0 cm³/mol. The fourth-order valence-corrected chi connectivity index (χ4v) is 4.22. The van der Waals surface area contributed by atoms with Gasteiger partial charge in [-0.3, -0.25) is 0 Å². The minimum atomic E-state index is -0.227. The van der Waals surface area contributed by atoms with Crippen LogP contribution in [0.3, 0.4) is 0 Å². The summed E-state index contributed by atoms with van der Waals surface area (Å²) in [6.07, 6.45) is 8.56. The molecule has 3 fully saturated rings. The Balaban J connectivity index is 1.79. The molecule has 16 heavy (non-hydrogen) atoms. The Labute approximate surface area is 97.3 Å². The van der Waals surface area contributed by atoms with Gasteiger partial charge in [0.15, 0.2) is 0 Å². The van der Waals surface area contributed by atoms with E-state index >= 15 is 0 Å². The zero-order valence-electron chi connectivity index (χ0n) is 9.90. The van der Waals surface area contributed by atoms with E-state index in [1.165, 1.54) is 32.1 Å². The van der Waals surface area contributed by atoms with Crippen LogP contribution in [0.1, 0.15) is 44.9 Å². The highest BCUT2D eigenvalue weighted by atomic mass is 16.5. The van der Waals surface area contributed by atoms with Crippen LogP contribution in [0.5, 0.6) is 0 Å². The van der Waals surface area contributed by atoms with Crippen molar-refractivity contribution in [1.82, 2.24) is 0 Å². The highest BCUT2D eigenvalue weighted by Gasteiger charge is 2.56. The topological polar surface area (TPSA) is 55.5 Å². The summed E-state index contributed by atoms with van der Waals surface area (Å²) in [4.78, 5) is 0. The summed E-state index contributed by atoms with van der Waals surface area (Å²) in [5.74, 6) is 0.478. The van der Waals surface area contributed by atoms with Crippen LogP contribution in [0, 0.1) is 11.3 Å². The average molecular weight is 225 g/mol. The van der Waals surface area contributed by atoms with Crippen molar-refractivity contribution in [3.05, 3.63) is 0 Å². The summed E-state index contributed by atoms with van der Waals surface area (Å²) < 4.78 is 5.92. The average Bonchev–Trinajstić information content (AvgIpc) is 3.03. The molecule has 3 N–H and O–H groups in total. The maximum absolute atomic E-state index is 10.7. The van der Waals surface area contributed by atoms with Crippen LogP contribution in [-0.4, -0.2) is 30.0 Å². The van der Waals surface area contributed by atoms with E-state index in [9.17, 15) is 5.11 Å². The summed E-state index contributed by atoms with van der Waals surface area (Å²) in [6.45, 7) is 0.589. The molecule has 92 valence electrons. The standard InChI is InChI=1S/C13H23NO2/c14-8-13(7-10-5-6-11(13)16-10)12(15)9-3-1-2-4-9/h9-12,15H,1-8,14H2. The van der Waals surface area contributed by atoms with Gasteiger partial charge in [-0.15, -0.1) is 0 Å². The summed E-state index contributed by atoms with van der Waals surface area (Å²) in [7, 11) is 0. The lowest BCUT2D eigenvalue weighted by atomic mass is 9.66. The van der Waals surface area contributed by atoms with Crippen molar-refractivity contribution in [2.24, 2.45) is 17.1 Å². The molecule has 2 bridgehead atoms. The third kappa shape index (κ3) is 1.45. The van der Waals surface area contributed by atoms with E-state index in [2.05, 4.69) is 0 Å². The number of aliphatic hydroxyl groups is 1. The number of hydrogen-bond acceptors (Lipinski definition) is 3. The number of aliphatic hydroxyl groups excluding tert-OH is 1. The monoisotopic (exact) mass is 225 g/mol. The van der Waals surface area contributed by atoms with Gasteiger partial charge < -0.3 is 15.6 Å². The van der Waals surface area contributed by atoms with Crippen LogP contribution in [0.15, 0.2) is 0 Å². The largest absolute Gasteiger partial charge is 0.392 e. The van der Waals surface area contributed by atoms with Crippen LogP contribution in [0.2, 0.25) is 0 Å². The van der Waals surface area contributed by atoms with Crippen LogP contribution in [0.25, 0.3) is 0 Å². The lowest BCUT2D eigenvalue weighted by molar-refractivity contribution is -0.0538. The van der Waals surface area contributed by atoms with Gasteiger partial charge in [-0.2, -0.15) is 0 Å². The summed E-state index contributed by atoms with van der Waals surface area (Å²) in [5.41, 5.74) is 5.87. The normalized spacial score (nSPS) is 45.4. The van der Waals surface area contributed by atoms with E-state index in [0.29, 0.717) is 18.6 Å². The minimum absolute atomic E-state index is 0.113.